The smallest absolute Gasteiger partial charge is 0.214 e. The fourth-order valence-electron chi connectivity index (χ4n) is 3.73. The second kappa shape index (κ2) is 7.13. The maximum absolute atomic E-state index is 12.0. The zero-order chi connectivity index (χ0) is 18.1. The van der Waals surface area contributed by atoms with E-state index in [2.05, 4.69) is 56.7 Å². The van der Waals surface area contributed by atoms with Crippen LogP contribution in [0.25, 0.3) is 0 Å². The number of nitrogens with zero attached hydrogens (tertiary/aromatic N) is 3. The second-order valence-electron chi connectivity index (χ2n) is 7.51. The third kappa shape index (κ3) is 4.00. The molecule has 1 atom stereocenters. The Kier molecular flexibility index (Phi) is 4.86. The van der Waals surface area contributed by atoms with Gasteiger partial charge in [0.25, 0.3) is 0 Å². The number of hydrogen-bond acceptors (Lipinski definition) is 4. The van der Waals surface area contributed by atoms with Crippen LogP contribution in [-0.4, -0.2) is 41.4 Å². The molecule has 1 saturated carbocycles. The first-order chi connectivity index (χ1) is 12.5. The topological polar surface area (TPSA) is 67.2 Å². The minimum atomic E-state index is -3.11. The van der Waals surface area contributed by atoms with Crippen LogP contribution in [0.3, 0.4) is 0 Å². The molecule has 1 fully saturated rings. The molecule has 7 heteroatoms. The monoisotopic (exact) mass is 374 g/mol. The lowest BCUT2D eigenvalue weighted by Gasteiger charge is -2.34. The summed E-state index contributed by atoms with van der Waals surface area (Å²) < 4.78 is 28.9. The van der Waals surface area contributed by atoms with Crippen LogP contribution in [0.15, 0.2) is 36.5 Å². The number of aromatic nitrogens is 2. The van der Waals surface area contributed by atoms with E-state index in [0.29, 0.717) is 6.54 Å². The lowest BCUT2D eigenvalue weighted by Crippen LogP contribution is -2.39. The van der Waals surface area contributed by atoms with Gasteiger partial charge in [-0.1, -0.05) is 29.8 Å². The molecule has 1 N–H and O–H groups in total. The van der Waals surface area contributed by atoms with Gasteiger partial charge in [0.1, 0.15) is 0 Å². The highest BCUT2D eigenvalue weighted by Crippen LogP contribution is 2.28. The van der Waals surface area contributed by atoms with Gasteiger partial charge in [0.15, 0.2) is 0 Å². The van der Waals surface area contributed by atoms with E-state index in [0.717, 1.165) is 38.9 Å². The molecule has 2 aliphatic rings. The Labute approximate surface area is 155 Å². The molecule has 0 spiro atoms. The predicted molar refractivity (Wildman–Crippen MR) is 101 cm³/mol. The third-order valence-corrected chi connectivity index (χ3v) is 7.14. The van der Waals surface area contributed by atoms with Crippen LogP contribution in [0.1, 0.15) is 42.1 Å². The van der Waals surface area contributed by atoms with Crippen molar-refractivity contribution >= 4 is 10.0 Å². The average Bonchev–Trinajstić information content (AvgIpc) is 3.35. The van der Waals surface area contributed by atoms with Gasteiger partial charge in [-0.2, -0.15) is 5.10 Å². The Bertz CT molecular complexity index is 873. The van der Waals surface area contributed by atoms with Crippen LogP contribution in [-0.2, 0) is 23.1 Å². The van der Waals surface area contributed by atoms with Crippen LogP contribution < -0.4 is 4.72 Å². The van der Waals surface area contributed by atoms with Crippen LogP contribution in [0.2, 0.25) is 0 Å². The molecular weight excluding hydrogens is 348 g/mol. The molecule has 0 unspecified atom stereocenters. The van der Waals surface area contributed by atoms with Gasteiger partial charge in [0.2, 0.25) is 10.0 Å². The Balaban J connectivity index is 1.41. The summed E-state index contributed by atoms with van der Waals surface area (Å²) in [4.78, 5) is 2.42. The van der Waals surface area contributed by atoms with Gasteiger partial charge in [0.05, 0.1) is 17.0 Å². The molecule has 1 aliphatic heterocycles. The highest BCUT2D eigenvalue weighted by molar-refractivity contribution is 7.90. The SMILES string of the molecule is Cc1cccc(CN2Cc3ccnn3[C@H](CCNS(=O)(=O)C3CC3)C2)c1. The summed E-state index contributed by atoms with van der Waals surface area (Å²) in [6.45, 7) is 5.24. The molecule has 1 aromatic carbocycles. The lowest BCUT2D eigenvalue weighted by molar-refractivity contribution is 0.162. The van der Waals surface area contributed by atoms with Crippen molar-refractivity contribution in [3.05, 3.63) is 53.3 Å². The van der Waals surface area contributed by atoms with Gasteiger partial charge < -0.3 is 0 Å². The quantitative estimate of drug-likeness (QED) is 0.807. The zero-order valence-corrected chi connectivity index (χ0v) is 16.0. The van der Waals surface area contributed by atoms with Crippen molar-refractivity contribution in [2.24, 2.45) is 0 Å². The Morgan fingerprint density at radius 2 is 2.12 bits per heavy atom. The van der Waals surface area contributed by atoms with E-state index in [-0.39, 0.29) is 11.3 Å². The van der Waals surface area contributed by atoms with Crippen molar-refractivity contribution in [3.8, 4) is 0 Å². The maximum atomic E-state index is 12.0. The summed E-state index contributed by atoms with van der Waals surface area (Å²) in [6, 6.07) is 10.9. The summed E-state index contributed by atoms with van der Waals surface area (Å²) in [5, 5.41) is 4.31. The Morgan fingerprint density at radius 1 is 1.27 bits per heavy atom. The molecule has 6 nitrogen and oxygen atoms in total. The van der Waals surface area contributed by atoms with Crippen LogP contribution in [0.5, 0.6) is 0 Å². The average molecular weight is 375 g/mol. The van der Waals surface area contributed by atoms with Crippen molar-refractivity contribution in [2.75, 3.05) is 13.1 Å². The molecule has 2 heterocycles. The van der Waals surface area contributed by atoms with E-state index in [9.17, 15) is 8.42 Å². The molecule has 2 aromatic rings. The molecular formula is C19H26N4O2S. The van der Waals surface area contributed by atoms with Gasteiger partial charge in [0, 0.05) is 32.4 Å². The van der Waals surface area contributed by atoms with Crippen molar-refractivity contribution in [2.45, 2.75) is 50.6 Å². The van der Waals surface area contributed by atoms with Crippen molar-refractivity contribution < 1.29 is 8.42 Å². The van der Waals surface area contributed by atoms with E-state index < -0.39 is 10.0 Å². The minimum absolute atomic E-state index is 0.160. The Morgan fingerprint density at radius 3 is 2.88 bits per heavy atom. The fourth-order valence-corrected chi connectivity index (χ4v) is 5.13. The molecule has 1 aliphatic carbocycles. The normalized spacial score (nSPS) is 20.9. The summed E-state index contributed by atoms with van der Waals surface area (Å²) in [5.74, 6) is 0. The van der Waals surface area contributed by atoms with E-state index in [1.165, 1.54) is 16.8 Å². The van der Waals surface area contributed by atoms with Crippen LogP contribution in [0.4, 0.5) is 0 Å². The van der Waals surface area contributed by atoms with E-state index >= 15 is 0 Å². The van der Waals surface area contributed by atoms with Gasteiger partial charge in [-0.15, -0.1) is 0 Å². The summed E-state index contributed by atoms with van der Waals surface area (Å²) in [5.41, 5.74) is 3.78. The van der Waals surface area contributed by atoms with Crippen molar-refractivity contribution in [1.82, 2.24) is 19.4 Å². The van der Waals surface area contributed by atoms with Crippen LogP contribution in [0, 0.1) is 6.92 Å². The van der Waals surface area contributed by atoms with E-state index in [4.69, 9.17) is 0 Å². The summed E-state index contributed by atoms with van der Waals surface area (Å²) in [7, 11) is -3.11. The third-order valence-electron chi connectivity index (χ3n) is 5.19. The highest BCUT2D eigenvalue weighted by atomic mass is 32.2. The lowest BCUT2D eigenvalue weighted by atomic mass is 10.1. The number of rotatable bonds is 7. The number of benzene rings is 1. The van der Waals surface area contributed by atoms with E-state index in [1.807, 2.05) is 6.20 Å². The van der Waals surface area contributed by atoms with Crippen molar-refractivity contribution in [1.29, 1.82) is 0 Å². The first-order valence-electron chi connectivity index (χ1n) is 9.30. The van der Waals surface area contributed by atoms with Crippen LogP contribution >= 0.6 is 0 Å². The van der Waals surface area contributed by atoms with Gasteiger partial charge >= 0.3 is 0 Å². The highest BCUT2D eigenvalue weighted by Gasteiger charge is 2.35. The first-order valence-corrected chi connectivity index (χ1v) is 10.8. The fraction of sp³-hybridized carbons (Fsp3) is 0.526. The minimum Gasteiger partial charge on any atom is -0.291 e. The van der Waals surface area contributed by atoms with Gasteiger partial charge in [-0.25, -0.2) is 13.1 Å². The summed E-state index contributed by atoms with van der Waals surface area (Å²) >= 11 is 0. The first kappa shape index (κ1) is 17.7. The Hall–Kier alpha value is -1.70. The van der Waals surface area contributed by atoms with Crippen molar-refractivity contribution in [3.63, 3.8) is 0 Å². The molecule has 0 bridgehead atoms. The molecule has 0 saturated heterocycles. The second-order valence-corrected chi connectivity index (χ2v) is 9.55. The number of nitrogens with one attached hydrogen (secondary N) is 1. The standard InChI is InChI=1S/C19H26N4O2S/c1-15-3-2-4-16(11-15)12-22-13-17-7-9-20-23(17)18(14-22)8-10-21-26(24,25)19-5-6-19/h2-4,7,9,11,18-19,21H,5-6,8,10,12-14H2,1H3/t18-/m1/s1. The molecule has 0 amide bonds. The zero-order valence-electron chi connectivity index (χ0n) is 15.1. The molecule has 26 heavy (non-hydrogen) atoms. The molecule has 1 aromatic heterocycles. The van der Waals surface area contributed by atoms with Gasteiger partial charge in [-0.3, -0.25) is 9.58 Å². The number of sulfonamides is 1. The number of aryl methyl sites for hydroxylation is 1. The maximum Gasteiger partial charge on any atom is 0.214 e. The molecule has 4 rings (SSSR count). The predicted octanol–water partition coefficient (Wildman–Crippen LogP) is 2.22. The molecule has 140 valence electrons. The van der Waals surface area contributed by atoms with Gasteiger partial charge in [-0.05, 0) is 37.8 Å². The van der Waals surface area contributed by atoms with E-state index in [1.54, 1.807) is 0 Å². The number of fused-ring (bicyclic) bond motifs is 1. The largest absolute Gasteiger partial charge is 0.291 e. The summed E-state index contributed by atoms with van der Waals surface area (Å²) in [6.07, 6.45) is 4.19. The molecule has 0 radical (unpaired) electrons. The number of hydrogen-bond donors (Lipinski definition) is 1.